The Morgan fingerprint density at radius 2 is 1.95 bits per heavy atom. The number of hydrogen-bond acceptors (Lipinski definition) is 3. The molecular formula is C15H23ClN2O2S. The lowest BCUT2D eigenvalue weighted by Gasteiger charge is -2.39. The molecule has 1 aromatic carbocycles. The van der Waals surface area contributed by atoms with E-state index in [-0.39, 0.29) is 17.7 Å². The van der Waals surface area contributed by atoms with Crippen LogP contribution in [-0.2, 0) is 10.0 Å². The first-order valence-corrected chi connectivity index (χ1v) is 9.37. The van der Waals surface area contributed by atoms with Gasteiger partial charge in [-0.15, -0.1) is 11.6 Å². The van der Waals surface area contributed by atoms with Gasteiger partial charge in [-0.1, -0.05) is 37.3 Å². The summed E-state index contributed by atoms with van der Waals surface area (Å²) < 4.78 is 27.0. The van der Waals surface area contributed by atoms with Gasteiger partial charge in [-0.25, -0.2) is 8.42 Å². The predicted octanol–water partition coefficient (Wildman–Crippen LogP) is 2.18. The van der Waals surface area contributed by atoms with Gasteiger partial charge in [0.25, 0.3) is 0 Å². The number of sulfonamides is 1. The molecule has 1 fully saturated rings. The van der Waals surface area contributed by atoms with E-state index in [0.29, 0.717) is 12.4 Å². The van der Waals surface area contributed by atoms with Gasteiger partial charge in [0.15, 0.2) is 0 Å². The van der Waals surface area contributed by atoms with Crippen LogP contribution in [0.3, 0.4) is 0 Å². The molecule has 0 aliphatic carbocycles. The lowest BCUT2D eigenvalue weighted by Crippen LogP contribution is -2.50. The van der Waals surface area contributed by atoms with E-state index in [1.165, 1.54) is 0 Å². The number of likely N-dealkylation sites (N-methyl/N-ethyl adjacent to an activating group) is 1. The SMILES string of the molecule is CC(CCl)CS(=O)(=O)N1CCN(C)CC1c1ccccc1. The minimum Gasteiger partial charge on any atom is -0.303 e. The summed E-state index contributed by atoms with van der Waals surface area (Å²) in [5, 5.41) is 0. The van der Waals surface area contributed by atoms with Crippen LogP contribution in [0.1, 0.15) is 18.5 Å². The van der Waals surface area contributed by atoms with Gasteiger partial charge in [0, 0.05) is 25.5 Å². The molecule has 21 heavy (non-hydrogen) atoms. The normalized spacial score (nSPS) is 23.1. The first-order chi connectivity index (χ1) is 9.94. The predicted molar refractivity (Wildman–Crippen MR) is 87.1 cm³/mol. The molecule has 2 unspecified atom stereocenters. The van der Waals surface area contributed by atoms with E-state index in [1.54, 1.807) is 4.31 Å². The molecule has 1 saturated heterocycles. The summed E-state index contributed by atoms with van der Waals surface area (Å²) in [6.07, 6.45) is 0. The first kappa shape index (κ1) is 16.7. The maximum Gasteiger partial charge on any atom is 0.215 e. The number of benzene rings is 1. The van der Waals surface area contributed by atoms with E-state index < -0.39 is 10.0 Å². The van der Waals surface area contributed by atoms with Crippen LogP contribution in [0.25, 0.3) is 0 Å². The Hall–Kier alpha value is -0.620. The molecule has 1 aromatic rings. The Balaban J connectivity index is 2.27. The molecule has 0 radical (unpaired) electrons. The van der Waals surface area contributed by atoms with Gasteiger partial charge >= 0.3 is 0 Å². The zero-order chi connectivity index (χ0) is 15.5. The van der Waals surface area contributed by atoms with Gasteiger partial charge in [0.1, 0.15) is 0 Å². The highest BCUT2D eigenvalue weighted by Gasteiger charge is 2.35. The Kier molecular flexibility index (Phi) is 5.66. The highest BCUT2D eigenvalue weighted by molar-refractivity contribution is 7.89. The number of rotatable bonds is 5. The second-order valence-corrected chi connectivity index (χ2v) is 8.11. The van der Waals surface area contributed by atoms with Crippen LogP contribution in [-0.4, -0.2) is 55.9 Å². The Morgan fingerprint density at radius 1 is 1.29 bits per heavy atom. The van der Waals surface area contributed by atoms with E-state index in [1.807, 2.05) is 44.3 Å². The molecule has 0 spiro atoms. The molecule has 2 rings (SSSR count). The Bertz CT molecular complexity index is 550. The van der Waals surface area contributed by atoms with Crippen LogP contribution in [0.15, 0.2) is 30.3 Å². The molecule has 2 atom stereocenters. The van der Waals surface area contributed by atoms with Crippen LogP contribution in [0, 0.1) is 5.92 Å². The topological polar surface area (TPSA) is 40.6 Å². The van der Waals surface area contributed by atoms with Gasteiger partial charge in [-0.3, -0.25) is 0 Å². The number of hydrogen-bond donors (Lipinski definition) is 0. The maximum atomic E-state index is 12.7. The van der Waals surface area contributed by atoms with Crippen LogP contribution in [0.2, 0.25) is 0 Å². The van der Waals surface area contributed by atoms with Crippen molar-refractivity contribution in [1.29, 1.82) is 0 Å². The molecule has 1 aliphatic heterocycles. The average Bonchev–Trinajstić information content (AvgIpc) is 2.47. The number of alkyl halides is 1. The fourth-order valence-corrected chi connectivity index (χ4v) is 4.89. The van der Waals surface area contributed by atoms with Crippen molar-refractivity contribution in [2.24, 2.45) is 5.92 Å². The summed E-state index contributed by atoms with van der Waals surface area (Å²) in [6.45, 7) is 3.89. The lowest BCUT2D eigenvalue weighted by molar-refractivity contribution is 0.160. The van der Waals surface area contributed by atoms with Crippen LogP contribution in [0.4, 0.5) is 0 Å². The summed E-state index contributed by atoms with van der Waals surface area (Å²) in [5.74, 6) is 0.444. The second-order valence-electron chi connectivity index (χ2n) is 5.84. The summed E-state index contributed by atoms with van der Waals surface area (Å²) in [6, 6.07) is 9.74. The van der Waals surface area contributed by atoms with E-state index in [2.05, 4.69) is 4.90 Å². The van der Waals surface area contributed by atoms with Gasteiger partial charge in [-0.2, -0.15) is 4.31 Å². The van der Waals surface area contributed by atoms with Crippen molar-refractivity contribution in [1.82, 2.24) is 9.21 Å². The Labute approximate surface area is 132 Å². The lowest BCUT2D eigenvalue weighted by atomic mass is 10.1. The van der Waals surface area contributed by atoms with Crippen LogP contribution >= 0.6 is 11.6 Å². The van der Waals surface area contributed by atoms with Crippen molar-refractivity contribution in [3.05, 3.63) is 35.9 Å². The molecule has 1 heterocycles. The summed E-state index contributed by atoms with van der Waals surface area (Å²) in [4.78, 5) is 2.18. The average molecular weight is 331 g/mol. The third kappa shape index (κ3) is 4.19. The number of nitrogens with zero attached hydrogens (tertiary/aromatic N) is 2. The molecule has 118 valence electrons. The molecular weight excluding hydrogens is 308 g/mol. The molecule has 6 heteroatoms. The number of piperazine rings is 1. The van der Waals surface area contributed by atoms with Gasteiger partial charge in [0.05, 0.1) is 11.8 Å². The van der Waals surface area contributed by atoms with Crippen molar-refractivity contribution in [3.8, 4) is 0 Å². The van der Waals surface area contributed by atoms with Crippen LogP contribution < -0.4 is 0 Å². The van der Waals surface area contributed by atoms with E-state index in [4.69, 9.17) is 11.6 Å². The van der Waals surface area contributed by atoms with Crippen molar-refractivity contribution >= 4 is 21.6 Å². The minimum absolute atomic E-state index is 0.0345. The highest BCUT2D eigenvalue weighted by atomic mass is 35.5. The molecule has 0 amide bonds. The standard InChI is InChI=1S/C15H23ClN2O2S/c1-13(10-16)12-21(19,20)18-9-8-17(2)11-15(18)14-6-4-3-5-7-14/h3-7,13,15H,8-12H2,1-2H3. The quantitative estimate of drug-likeness (QED) is 0.777. The maximum absolute atomic E-state index is 12.7. The van der Waals surface area contributed by atoms with E-state index in [0.717, 1.165) is 18.7 Å². The zero-order valence-electron chi connectivity index (χ0n) is 12.6. The molecule has 1 aliphatic rings. The summed E-state index contributed by atoms with van der Waals surface area (Å²) >= 11 is 5.78. The van der Waals surface area contributed by atoms with E-state index >= 15 is 0 Å². The molecule has 0 saturated carbocycles. The van der Waals surface area contributed by atoms with Crippen LogP contribution in [0.5, 0.6) is 0 Å². The van der Waals surface area contributed by atoms with Crippen molar-refractivity contribution in [2.45, 2.75) is 13.0 Å². The molecule has 0 aromatic heterocycles. The van der Waals surface area contributed by atoms with Crippen molar-refractivity contribution in [3.63, 3.8) is 0 Å². The smallest absolute Gasteiger partial charge is 0.215 e. The summed E-state index contributed by atoms with van der Waals surface area (Å²) in [5.41, 5.74) is 1.05. The van der Waals surface area contributed by atoms with Gasteiger partial charge < -0.3 is 4.90 Å². The summed E-state index contributed by atoms with van der Waals surface area (Å²) in [7, 11) is -1.26. The number of halogens is 1. The van der Waals surface area contributed by atoms with Gasteiger partial charge in [0.2, 0.25) is 10.0 Å². The fourth-order valence-electron chi connectivity index (χ4n) is 2.68. The first-order valence-electron chi connectivity index (χ1n) is 7.23. The van der Waals surface area contributed by atoms with Crippen molar-refractivity contribution in [2.75, 3.05) is 38.3 Å². The monoisotopic (exact) mass is 330 g/mol. The molecule has 4 nitrogen and oxygen atoms in total. The highest BCUT2D eigenvalue weighted by Crippen LogP contribution is 2.28. The fraction of sp³-hybridized carbons (Fsp3) is 0.600. The van der Waals surface area contributed by atoms with Gasteiger partial charge in [-0.05, 0) is 18.5 Å². The third-order valence-electron chi connectivity index (χ3n) is 3.83. The second kappa shape index (κ2) is 7.09. The van der Waals surface area contributed by atoms with E-state index in [9.17, 15) is 8.42 Å². The third-order valence-corrected chi connectivity index (χ3v) is 6.50. The van der Waals surface area contributed by atoms with Crippen molar-refractivity contribution < 1.29 is 8.42 Å². The minimum atomic E-state index is -3.29. The zero-order valence-corrected chi connectivity index (χ0v) is 14.1. The largest absolute Gasteiger partial charge is 0.303 e. The Morgan fingerprint density at radius 3 is 2.57 bits per heavy atom. The molecule has 0 N–H and O–H groups in total. The molecule has 0 bridgehead atoms.